The molecular weight excluding hydrogens is 168 g/mol. The summed E-state index contributed by atoms with van der Waals surface area (Å²) in [7, 11) is 0. The SMILES string of the molecule is C=CCCCc1cc(C)c(C)c(C)c1. The lowest BCUT2D eigenvalue weighted by atomic mass is 9.98. The molecule has 0 heteroatoms. The van der Waals surface area contributed by atoms with E-state index in [-0.39, 0.29) is 0 Å². The van der Waals surface area contributed by atoms with Crippen LogP contribution in [0.3, 0.4) is 0 Å². The Morgan fingerprint density at radius 2 is 1.71 bits per heavy atom. The third-order valence-electron chi connectivity index (χ3n) is 2.86. The van der Waals surface area contributed by atoms with Crippen molar-refractivity contribution in [3.05, 3.63) is 47.0 Å². The van der Waals surface area contributed by atoms with E-state index < -0.39 is 0 Å². The van der Waals surface area contributed by atoms with Gasteiger partial charge in [0.25, 0.3) is 0 Å². The Kier molecular flexibility index (Phi) is 3.94. The summed E-state index contributed by atoms with van der Waals surface area (Å²) in [5.74, 6) is 0. The Balaban J connectivity index is 2.74. The van der Waals surface area contributed by atoms with E-state index in [9.17, 15) is 0 Å². The first-order valence-electron chi connectivity index (χ1n) is 5.32. The van der Waals surface area contributed by atoms with E-state index in [1.807, 2.05) is 6.08 Å². The highest BCUT2D eigenvalue weighted by Gasteiger charge is 2.00. The second kappa shape index (κ2) is 4.99. The predicted octanol–water partition coefficient (Wildman–Crippen LogP) is 4.12. The van der Waals surface area contributed by atoms with Gasteiger partial charge < -0.3 is 0 Å². The highest BCUT2D eigenvalue weighted by molar-refractivity contribution is 5.36. The molecule has 0 bridgehead atoms. The first-order valence-corrected chi connectivity index (χ1v) is 5.32. The van der Waals surface area contributed by atoms with Crippen molar-refractivity contribution >= 4 is 0 Å². The molecule has 0 aromatic heterocycles. The van der Waals surface area contributed by atoms with E-state index in [2.05, 4.69) is 39.5 Å². The molecule has 0 amide bonds. The van der Waals surface area contributed by atoms with E-state index in [0.29, 0.717) is 0 Å². The van der Waals surface area contributed by atoms with Crippen LogP contribution in [0.25, 0.3) is 0 Å². The fourth-order valence-corrected chi connectivity index (χ4v) is 1.72. The number of benzene rings is 1. The first-order chi connectivity index (χ1) is 6.65. The zero-order chi connectivity index (χ0) is 10.6. The Labute approximate surface area is 87.7 Å². The summed E-state index contributed by atoms with van der Waals surface area (Å²) in [5, 5.41) is 0. The number of allylic oxidation sites excluding steroid dienone is 1. The third-order valence-corrected chi connectivity index (χ3v) is 2.86. The van der Waals surface area contributed by atoms with Crippen LogP contribution in [0.4, 0.5) is 0 Å². The molecule has 0 atom stereocenters. The molecule has 1 rings (SSSR count). The lowest BCUT2D eigenvalue weighted by Gasteiger charge is -2.08. The van der Waals surface area contributed by atoms with E-state index in [1.165, 1.54) is 35.1 Å². The standard InChI is InChI=1S/C14H20/c1-5-6-7-8-14-9-11(2)13(4)12(3)10-14/h5,9-10H,1,6-8H2,2-4H3. The minimum absolute atomic E-state index is 1.12. The summed E-state index contributed by atoms with van der Waals surface area (Å²) in [6, 6.07) is 4.62. The summed E-state index contributed by atoms with van der Waals surface area (Å²) >= 11 is 0. The Morgan fingerprint density at radius 3 is 2.21 bits per heavy atom. The first kappa shape index (κ1) is 11.0. The van der Waals surface area contributed by atoms with Crippen molar-refractivity contribution < 1.29 is 0 Å². The normalized spacial score (nSPS) is 10.2. The van der Waals surface area contributed by atoms with Gasteiger partial charge in [0.15, 0.2) is 0 Å². The maximum absolute atomic E-state index is 3.74. The molecule has 0 heterocycles. The van der Waals surface area contributed by atoms with Crippen LogP contribution < -0.4 is 0 Å². The fourth-order valence-electron chi connectivity index (χ4n) is 1.72. The van der Waals surface area contributed by atoms with Crippen LogP contribution in [-0.4, -0.2) is 0 Å². The lowest BCUT2D eigenvalue weighted by Crippen LogP contribution is -1.92. The van der Waals surface area contributed by atoms with Gasteiger partial charge in [0.05, 0.1) is 0 Å². The molecule has 0 N–H and O–H groups in total. The average molecular weight is 188 g/mol. The van der Waals surface area contributed by atoms with Crippen molar-refractivity contribution in [3.8, 4) is 0 Å². The molecule has 0 aliphatic rings. The number of unbranched alkanes of at least 4 members (excludes halogenated alkanes) is 1. The minimum atomic E-state index is 1.12. The Bertz CT molecular complexity index is 298. The van der Waals surface area contributed by atoms with Crippen LogP contribution in [0.5, 0.6) is 0 Å². The predicted molar refractivity (Wildman–Crippen MR) is 63.8 cm³/mol. The van der Waals surface area contributed by atoms with Crippen molar-refractivity contribution in [1.82, 2.24) is 0 Å². The summed E-state index contributed by atoms with van der Waals surface area (Å²) in [5.41, 5.74) is 5.72. The quantitative estimate of drug-likeness (QED) is 0.492. The molecule has 0 unspecified atom stereocenters. The zero-order valence-electron chi connectivity index (χ0n) is 9.56. The maximum Gasteiger partial charge on any atom is -0.0276 e. The molecule has 0 aliphatic carbocycles. The molecule has 0 aliphatic heterocycles. The second-order valence-electron chi connectivity index (χ2n) is 4.04. The number of rotatable bonds is 4. The van der Waals surface area contributed by atoms with Crippen LogP contribution >= 0.6 is 0 Å². The lowest BCUT2D eigenvalue weighted by molar-refractivity contribution is 0.841. The van der Waals surface area contributed by atoms with Crippen molar-refractivity contribution in [2.45, 2.75) is 40.0 Å². The van der Waals surface area contributed by atoms with Crippen LogP contribution in [0.15, 0.2) is 24.8 Å². The number of aryl methyl sites for hydroxylation is 3. The highest BCUT2D eigenvalue weighted by Crippen LogP contribution is 2.16. The molecular formula is C14H20. The van der Waals surface area contributed by atoms with Crippen LogP contribution in [0.2, 0.25) is 0 Å². The van der Waals surface area contributed by atoms with Gasteiger partial charge in [-0.15, -0.1) is 6.58 Å². The van der Waals surface area contributed by atoms with E-state index >= 15 is 0 Å². The Morgan fingerprint density at radius 1 is 1.14 bits per heavy atom. The van der Waals surface area contributed by atoms with E-state index in [1.54, 1.807) is 0 Å². The average Bonchev–Trinajstić information content (AvgIpc) is 2.14. The van der Waals surface area contributed by atoms with E-state index in [0.717, 1.165) is 6.42 Å². The van der Waals surface area contributed by atoms with Crippen molar-refractivity contribution in [2.24, 2.45) is 0 Å². The minimum Gasteiger partial charge on any atom is -0.103 e. The zero-order valence-corrected chi connectivity index (χ0v) is 9.56. The molecule has 0 nitrogen and oxygen atoms in total. The van der Waals surface area contributed by atoms with Crippen LogP contribution in [0.1, 0.15) is 35.1 Å². The van der Waals surface area contributed by atoms with Gasteiger partial charge >= 0.3 is 0 Å². The summed E-state index contributed by atoms with van der Waals surface area (Å²) in [6.07, 6.45) is 5.50. The molecule has 0 saturated heterocycles. The molecule has 0 fully saturated rings. The maximum atomic E-state index is 3.74. The molecule has 1 aromatic carbocycles. The van der Waals surface area contributed by atoms with Gasteiger partial charge in [-0.25, -0.2) is 0 Å². The van der Waals surface area contributed by atoms with Gasteiger partial charge in [0.2, 0.25) is 0 Å². The van der Waals surface area contributed by atoms with Crippen LogP contribution in [-0.2, 0) is 6.42 Å². The molecule has 1 aromatic rings. The van der Waals surface area contributed by atoms with Crippen molar-refractivity contribution in [3.63, 3.8) is 0 Å². The third kappa shape index (κ3) is 2.73. The van der Waals surface area contributed by atoms with Gasteiger partial charge in [-0.1, -0.05) is 18.2 Å². The highest BCUT2D eigenvalue weighted by atomic mass is 14.1. The number of hydrogen-bond donors (Lipinski definition) is 0. The smallest absolute Gasteiger partial charge is 0.0276 e. The molecule has 0 spiro atoms. The molecule has 0 radical (unpaired) electrons. The summed E-state index contributed by atoms with van der Waals surface area (Å²) in [6.45, 7) is 10.3. The van der Waals surface area contributed by atoms with Crippen LogP contribution in [0, 0.1) is 20.8 Å². The molecule has 0 saturated carbocycles. The largest absolute Gasteiger partial charge is 0.103 e. The van der Waals surface area contributed by atoms with Gasteiger partial charge in [0.1, 0.15) is 0 Å². The molecule has 14 heavy (non-hydrogen) atoms. The van der Waals surface area contributed by atoms with Gasteiger partial charge in [-0.05, 0) is 62.3 Å². The van der Waals surface area contributed by atoms with Crippen molar-refractivity contribution in [1.29, 1.82) is 0 Å². The Hall–Kier alpha value is -1.04. The van der Waals surface area contributed by atoms with Gasteiger partial charge in [-0.2, -0.15) is 0 Å². The summed E-state index contributed by atoms with van der Waals surface area (Å²) in [4.78, 5) is 0. The molecule has 76 valence electrons. The summed E-state index contributed by atoms with van der Waals surface area (Å²) < 4.78 is 0. The topological polar surface area (TPSA) is 0 Å². The van der Waals surface area contributed by atoms with Crippen molar-refractivity contribution in [2.75, 3.05) is 0 Å². The monoisotopic (exact) mass is 188 g/mol. The van der Waals surface area contributed by atoms with E-state index in [4.69, 9.17) is 0 Å². The second-order valence-corrected chi connectivity index (χ2v) is 4.04. The van der Waals surface area contributed by atoms with Gasteiger partial charge in [-0.3, -0.25) is 0 Å². The number of hydrogen-bond acceptors (Lipinski definition) is 0. The van der Waals surface area contributed by atoms with Gasteiger partial charge in [0, 0.05) is 0 Å². The fraction of sp³-hybridized carbons (Fsp3) is 0.429.